The van der Waals surface area contributed by atoms with E-state index in [1.165, 1.54) is 0 Å². The summed E-state index contributed by atoms with van der Waals surface area (Å²) < 4.78 is 5.24. The van der Waals surface area contributed by atoms with Crippen LogP contribution < -0.4 is 10.6 Å². The summed E-state index contributed by atoms with van der Waals surface area (Å²) in [7, 11) is 1.70. The molecule has 0 aromatic carbocycles. The molecule has 0 spiro atoms. The average Bonchev–Trinajstić information content (AvgIpc) is 2.00. The van der Waals surface area contributed by atoms with E-state index in [0.29, 0.717) is 17.7 Å². The molecular weight excluding hydrogens is 184 g/mol. The highest BCUT2D eigenvalue weighted by Crippen LogP contribution is 2.04. The molecule has 2 N–H and O–H groups in total. The van der Waals surface area contributed by atoms with Gasteiger partial charge in [-0.25, -0.2) is 0 Å². The lowest BCUT2D eigenvalue weighted by Crippen LogP contribution is -2.45. The Balaban J connectivity index is 3.70. The van der Waals surface area contributed by atoms with Gasteiger partial charge in [0.1, 0.15) is 0 Å². The van der Waals surface area contributed by atoms with Gasteiger partial charge in [-0.15, -0.1) is 0 Å². The van der Waals surface area contributed by atoms with Gasteiger partial charge in [-0.2, -0.15) is 0 Å². The molecule has 0 saturated carbocycles. The van der Waals surface area contributed by atoms with Gasteiger partial charge in [-0.1, -0.05) is 0 Å². The second-order valence-electron chi connectivity index (χ2n) is 3.95. The normalized spacial score (nSPS) is 11.5. The molecule has 0 bridgehead atoms. The van der Waals surface area contributed by atoms with Crippen molar-refractivity contribution in [2.75, 3.05) is 13.7 Å². The van der Waals surface area contributed by atoms with Crippen molar-refractivity contribution in [1.82, 2.24) is 10.6 Å². The van der Waals surface area contributed by atoms with Crippen LogP contribution >= 0.6 is 12.2 Å². The molecule has 0 aromatic rings. The molecule has 13 heavy (non-hydrogen) atoms. The number of hydrogen-bond acceptors (Lipinski definition) is 2. The van der Waals surface area contributed by atoms with Gasteiger partial charge in [0, 0.05) is 19.7 Å². The van der Waals surface area contributed by atoms with Gasteiger partial charge < -0.3 is 15.4 Å². The largest absolute Gasteiger partial charge is 0.377 e. The summed E-state index contributed by atoms with van der Waals surface area (Å²) in [5.74, 6) is 0. The maximum Gasteiger partial charge on any atom is 0.166 e. The molecule has 0 aliphatic carbocycles. The monoisotopic (exact) mass is 204 g/mol. The number of ether oxygens (including phenoxy) is 1. The third-order valence-electron chi connectivity index (χ3n) is 1.65. The molecule has 0 radical (unpaired) electrons. The van der Waals surface area contributed by atoms with E-state index in [0.717, 1.165) is 0 Å². The third kappa shape index (κ3) is 6.78. The molecule has 0 heterocycles. The predicted octanol–water partition coefficient (Wildman–Crippen LogP) is 1.28. The Morgan fingerprint density at radius 1 is 1.46 bits per heavy atom. The van der Waals surface area contributed by atoms with Crippen molar-refractivity contribution < 1.29 is 4.74 Å². The summed E-state index contributed by atoms with van der Waals surface area (Å²) >= 11 is 5.07. The van der Waals surface area contributed by atoms with Crippen LogP contribution in [0.5, 0.6) is 0 Å². The van der Waals surface area contributed by atoms with Gasteiger partial charge in [0.05, 0.1) is 5.60 Å². The summed E-state index contributed by atoms with van der Waals surface area (Å²) in [5.41, 5.74) is -0.178. The summed E-state index contributed by atoms with van der Waals surface area (Å²) in [6.07, 6.45) is 0. The van der Waals surface area contributed by atoms with Crippen LogP contribution in [-0.4, -0.2) is 30.4 Å². The van der Waals surface area contributed by atoms with Crippen LogP contribution in [0.15, 0.2) is 0 Å². The number of nitrogens with one attached hydrogen (secondary N) is 2. The summed E-state index contributed by atoms with van der Waals surface area (Å²) in [6.45, 7) is 8.84. The first kappa shape index (κ1) is 12.7. The lowest BCUT2D eigenvalue weighted by molar-refractivity contribution is 0.0269. The first-order valence-corrected chi connectivity index (χ1v) is 4.88. The molecular formula is C9H20N2OS. The fourth-order valence-electron chi connectivity index (χ4n) is 0.679. The highest BCUT2D eigenvalue weighted by Gasteiger charge is 2.16. The van der Waals surface area contributed by atoms with E-state index in [-0.39, 0.29) is 5.60 Å². The van der Waals surface area contributed by atoms with Crippen molar-refractivity contribution in [3.05, 3.63) is 0 Å². The van der Waals surface area contributed by atoms with E-state index < -0.39 is 0 Å². The fourth-order valence-corrected chi connectivity index (χ4v) is 0.986. The van der Waals surface area contributed by atoms with Crippen molar-refractivity contribution in [2.24, 2.45) is 0 Å². The van der Waals surface area contributed by atoms with E-state index in [9.17, 15) is 0 Å². The van der Waals surface area contributed by atoms with E-state index in [1.54, 1.807) is 7.11 Å². The van der Waals surface area contributed by atoms with Gasteiger partial charge >= 0.3 is 0 Å². The molecule has 0 amide bonds. The molecule has 78 valence electrons. The molecule has 0 aliphatic heterocycles. The average molecular weight is 204 g/mol. The highest BCUT2D eigenvalue weighted by atomic mass is 32.1. The van der Waals surface area contributed by atoms with E-state index >= 15 is 0 Å². The Morgan fingerprint density at radius 2 is 2.00 bits per heavy atom. The highest BCUT2D eigenvalue weighted by molar-refractivity contribution is 7.80. The predicted molar refractivity (Wildman–Crippen MR) is 60.0 cm³/mol. The Morgan fingerprint density at radius 3 is 2.38 bits per heavy atom. The van der Waals surface area contributed by atoms with Gasteiger partial charge in [0.25, 0.3) is 0 Å². The second kappa shape index (κ2) is 5.40. The topological polar surface area (TPSA) is 33.3 Å². The molecule has 0 fully saturated rings. The van der Waals surface area contributed by atoms with Crippen LogP contribution in [-0.2, 0) is 4.74 Å². The number of thiocarbonyl (C=S) groups is 1. The Kier molecular flexibility index (Phi) is 5.25. The SMILES string of the molecule is COC(C)(C)CNC(=S)NC(C)C. The van der Waals surface area contributed by atoms with Gasteiger partial charge in [0.15, 0.2) is 5.11 Å². The molecule has 4 heteroatoms. The van der Waals surface area contributed by atoms with E-state index in [2.05, 4.69) is 24.5 Å². The summed E-state index contributed by atoms with van der Waals surface area (Å²) in [6, 6.07) is 0.366. The fraction of sp³-hybridized carbons (Fsp3) is 0.889. The van der Waals surface area contributed by atoms with Crippen LogP contribution in [0.1, 0.15) is 27.7 Å². The Hall–Kier alpha value is -0.350. The lowest BCUT2D eigenvalue weighted by Gasteiger charge is -2.24. The van der Waals surface area contributed by atoms with Crippen molar-refractivity contribution >= 4 is 17.3 Å². The molecule has 3 nitrogen and oxygen atoms in total. The molecule has 0 aliphatic rings. The maximum absolute atomic E-state index is 5.24. The van der Waals surface area contributed by atoms with E-state index in [4.69, 9.17) is 17.0 Å². The van der Waals surface area contributed by atoms with Crippen molar-refractivity contribution in [3.8, 4) is 0 Å². The zero-order chi connectivity index (χ0) is 10.5. The molecule has 0 saturated heterocycles. The van der Waals surface area contributed by atoms with Crippen LogP contribution in [0.25, 0.3) is 0 Å². The first-order chi connectivity index (χ1) is 5.87. The number of rotatable bonds is 4. The quantitative estimate of drug-likeness (QED) is 0.676. The van der Waals surface area contributed by atoms with Crippen LogP contribution in [0.4, 0.5) is 0 Å². The van der Waals surface area contributed by atoms with Crippen molar-refractivity contribution in [2.45, 2.75) is 39.3 Å². The van der Waals surface area contributed by atoms with Gasteiger partial charge in [-0.3, -0.25) is 0 Å². The standard InChI is InChI=1S/C9H20N2OS/c1-7(2)11-8(13)10-6-9(3,4)12-5/h7H,6H2,1-5H3,(H2,10,11,13). The van der Waals surface area contributed by atoms with Crippen LogP contribution in [0, 0.1) is 0 Å². The van der Waals surface area contributed by atoms with E-state index in [1.807, 2.05) is 13.8 Å². The van der Waals surface area contributed by atoms with Crippen LogP contribution in [0.2, 0.25) is 0 Å². The van der Waals surface area contributed by atoms with Gasteiger partial charge in [-0.05, 0) is 39.9 Å². The third-order valence-corrected chi connectivity index (χ3v) is 1.91. The second-order valence-corrected chi connectivity index (χ2v) is 4.35. The molecule has 0 rings (SSSR count). The maximum atomic E-state index is 5.24. The Labute approximate surface area is 86.2 Å². The molecule has 0 atom stereocenters. The smallest absolute Gasteiger partial charge is 0.166 e. The minimum absolute atomic E-state index is 0.178. The number of hydrogen-bond donors (Lipinski definition) is 2. The lowest BCUT2D eigenvalue weighted by atomic mass is 10.1. The minimum Gasteiger partial charge on any atom is -0.377 e. The summed E-state index contributed by atoms with van der Waals surface area (Å²) in [5, 5.41) is 6.89. The number of methoxy groups -OCH3 is 1. The zero-order valence-electron chi connectivity index (χ0n) is 9.10. The molecule has 0 unspecified atom stereocenters. The molecule has 0 aromatic heterocycles. The van der Waals surface area contributed by atoms with Crippen molar-refractivity contribution in [1.29, 1.82) is 0 Å². The van der Waals surface area contributed by atoms with Crippen LogP contribution in [0.3, 0.4) is 0 Å². The first-order valence-electron chi connectivity index (χ1n) is 4.47. The Bertz CT molecular complexity index is 169. The van der Waals surface area contributed by atoms with Crippen molar-refractivity contribution in [3.63, 3.8) is 0 Å². The zero-order valence-corrected chi connectivity index (χ0v) is 9.92. The van der Waals surface area contributed by atoms with Gasteiger partial charge in [0.2, 0.25) is 0 Å². The minimum atomic E-state index is -0.178. The summed E-state index contributed by atoms with van der Waals surface area (Å²) in [4.78, 5) is 0.